The lowest BCUT2D eigenvalue weighted by molar-refractivity contribution is 0.466. The van der Waals surface area contributed by atoms with Crippen LogP contribution < -0.4 is 11.5 Å². The topological polar surface area (TPSA) is 72.3 Å². The molecule has 0 heterocycles. The van der Waals surface area contributed by atoms with E-state index >= 15 is 0 Å². The van der Waals surface area contributed by atoms with Crippen LogP contribution in [-0.4, -0.2) is 11.7 Å². The van der Waals surface area contributed by atoms with E-state index in [4.69, 9.17) is 11.5 Å². The molecule has 0 aliphatic carbocycles. The zero-order chi connectivity index (χ0) is 12.1. The molecule has 1 rings (SSSR count). The zero-order valence-corrected chi connectivity index (χ0v) is 10.2. The van der Waals surface area contributed by atoms with Crippen molar-refractivity contribution in [3.8, 4) is 5.75 Å². The SMILES string of the molecule is Cc1cc([C@@H](N)CCCCN)cc(C)c1O. The summed E-state index contributed by atoms with van der Waals surface area (Å²) in [5, 5.41) is 9.67. The van der Waals surface area contributed by atoms with Gasteiger partial charge >= 0.3 is 0 Å². The first kappa shape index (κ1) is 13.0. The van der Waals surface area contributed by atoms with Crippen LogP contribution in [0.15, 0.2) is 12.1 Å². The Morgan fingerprint density at radius 3 is 2.25 bits per heavy atom. The largest absolute Gasteiger partial charge is 0.507 e. The Labute approximate surface area is 97.5 Å². The van der Waals surface area contributed by atoms with Crippen LogP contribution in [0.1, 0.15) is 42.0 Å². The first-order valence-electron chi connectivity index (χ1n) is 5.82. The van der Waals surface area contributed by atoms with E-state index in [0.717, 1.165) is 42.5 Å². The molecule has 0 aliphatic heterocycles. The van der Waals surface area contributed by atoms with E-state index in [1.807, 2.05) is 26.0 Å². The van der Waals surface area contributed by atoms with Gasteiger partial charge in [0.05, 0.1) is 0 Å². The molecule has 0 radical (unpaired) electrons. The molecular weight excluding hydrogens is 200 g/mol. The van der Waals surface area contributed by atoms with E-state index in [0.29, 0.717) is 5.75 Å². The Kier molecular flexibility index (Phi) is 4.77. The normalized spacial score (nSPS) is 12.8. The van der Waals surface area contributed by atoms with Crippen molar-refractivity contribution in [3.63, 3.8) is 0 Å². The highest BCUT2D eigenvalue weighted by Crippen LogP contribution is 2.27. The van der Waals surface area contributed by atoms with Crippen molar-refractivity contribution in [2.24, 2.45) is 11.5 Å². The monoisotopic (exact) mass is 222 g/mol. The molecule has 0 aromatic heterocycles. The van der Waals surface area contributed by atoms with Gasteiger partial charge in [-0.3, -0.25) is 0 Å². The van der Waals surface area contributed by atoms with Crippen LogP contribution in [0.2, 0.25) is 0 Å². The van der Waals surface area contributed by atoms with Gasteiger partial charge in [-0.2, -0.15) is 0 Å². The molecule has 0 spiro atoms. The summed E-state index contributed by atoms with van der Waals surface area (Å²) in [6, 6.07) is 3.98. The van der Waals surface area contributed by atoms with E-state index in [2.05, 4.69) is 0 Å². The predicted molar refractivity (Wildman–Crippen MR) is 67.4 cm³/mol. The number of benzene rings is 1. The van der Waals surface area contributed by atoms with Gasteiger partial charge in [-0.1, -0.05) is 18.6 Å². The Bertz CT molecular complexity index is 327. The van der Waals surface area contributed by atoms with Gasteiger partial charge in [-0.15, -0.1) is 0 Å². The fraction of sp³-hybridized carbons (Fsp3) is 0.538. The van der Waals surface area contributed by atoms with E-state index in [-0.39, 0.29) is 6.04 Å². The number of phenols is 1. The molecule has 0 amide bonds. The number of hydrogen-bond donors (Lipinski definition) is 3. The molecule has 5 N–H and O–H groups in total. The fourth-order valence-electron chi connectivity index (χ4n) is 1.88. The maximum Gasteiger partial charge on any atom is 0.121 e. The number of hydrogen-bond acceptors (Lipinski definition) is 3. The van der Waals surface area contributed by atoms with E-state index in [1.165, 1.54) is 0 Å². The van der Waals surface area contributed by atoms with Gasteiger partial charge in [0.25, 0.3) is 0 Å². The summed E-state index contributed by atoms with van der Waals surface area (Å²) in [6.07, 6.45) is 3.02. The minimum Gasteiger partial charge on any atom is -0.507 e. The minimum absolute atomic E-state index is 0.0459. The molecular formula is C13H22N2O. The molecule has 0 bridgehead atoms. The number of aryl methyl sites for hydroxylation is 2. The third-order valence-corrected chi connectivity index (χ3v) is 2.91. The van der Waals surface area contributed by atoms with Crippen LogP contribution in [0, 0.1) is 13.8 Å². The van der Waals surface area contributed by atoms with Crippen molar-refractivity contribution in [3.05, 3.63) is 28.8 Å². The van der Waals surface area contributed by atoms with Gasteiger partial charge in [-0.25, -0.2) is 0 Å². The highest BCUT2D eigenvalue weighted by Gasteiger charge is 2.09. The molecule has 0 saturated carbocycles. The molecule has 0 aliphatic rings. The summed E-state index contributed by atoms with van der Waals surface area (Å²) in [6.45, 7) is 4.53. The van der Waals surface area contributed by atoms with Crippen molar-refractivity contribution in [2.45, 2.75) is 39.2 Å². The summed E-state index contributed by atoms with van der Waals surface area (Å²) < 4.78 is 0. The lowest BCUT2D eigenvalue weighted by atomic mass is 9.97. The van der Waals surface area contributed by atoms with Gasteiger partial charge in [0.15, 0.2) is 0 Å². The van der Waals surface area contributed by atoms with Gasteiger partial charge in [0, 0.05) is 6.04 Å². The number of nitrogens with two attached hydrogens (primary N) is 2. The average molecular weight is 222 g/mol. The van der Waals surface area contributed by atoms with Gasteiger partial charge in [0.2, 0.25) is 0 Å². The maximum absolute atomic E-state index is 9.67. The summed E-state index contributed by atoms with van der Waals surface area (Å²) in [5.74, 6) is 0.373. The molecule has 16 heavy (non-hydrogen) atoms. The molecule has 1 aromatic rings. The minimum atomic E-state index is 0.0459. The van der Waals surface area contributed by atoms with Crippen LogP contribution in [0.25, 0.3) is 0 Å². The van der Waals surface area contributed by atoms with Crippen molar-refractivity contribution < 1.29 is 5.11 Å². The Morgan fingerprint density at radius 1 is 1.19 bits per heavy atom. The van der Waals surface area contributed by atoms with Gasteiger partial charge in [0.1, 0.15) is 5.75 Å². The lowest BCUT2D eigenvalue weighted by Crippen LogP contribution is -2.11. The molecule has 1 atom stereocenters. The average Bonchev–Trinajstić information content (AvgIpc) is 2.25. The standard InChI is InChI=1S/C13H22N2O/c1-9-7-11(8-10(2)13(9)16)12(15)5-3-4-6-14/h7-8,12,16H,3-6,14-15H2,1-2H3/t12-/m0/s1. The molecule has 3 heteroatoms. The molecule has 3 nitrogen and oxygen atoms in total. The van der Waals surface area contributed by atoms with Crippen LogP contribution >= 0.6 is 0 Å². The molecule has 0 fully saturated rings. The summed E-state index contributed by atoms with van der Waals surface area (Å²) in [5.41, 5.74) is 14.4. The van der Waals surface area contributed by atoms with Gasteiger partial charge in [-0.05, 0) is 49.9 Å². The number of rotatable bonds is 5. The van der Waals surface area contributed by atoms with Crippen molar-refractivity contribution >= 4 is 0 Å². The fourth-order valence-corrected chi connectivity index (χ4v) is 1.88. The van der Waals surface area contributed by atoms with Crippen LogP contribution in [0.3, 0.4) is 0 Å². The van der Waals surface area contributed by atoms with Crippen LogP contribution in [0.4, 0.5) is 0 Å². The maximum atomic E-state index is 9.67. The quantitative estimate of drug-likeness (QED) is 0.668. The number of phenolic OH excluding ortho intramolecular Hbond substituents is 1. The molecule has 0 saturated heterocycles. The predicted octanol–water partition coefficient (Wildman–Crippen LogP) is 2.14. The van der Waals surface area contributed by atoms with Gasteiger partial charge < -0.3 is 16.6 Å². The molecule has 90 valence electrons. The van der Waals surface area contributed by atoms with Crippen LogP contribution in [-0.2, 0) is 0 Å². The highest BCUT2D eigenvalue weighted by molar-refractivity contribution is 5.43. The lowest BCUT2D eigenvalue weighted by Gasteiger charge is -2.14. The zero-order valence-electron chi connectivity index (χ0n) is 10.2. The number of aromatic hydroxyl groups is 1. The van der Waals surface area contributed by atoms with E-state index in [1.54, 1.807) is 0 Å². The second-order valence-electron chi connectivity index (χ2n) is 4.39. The third-order valence-electron chi connectivity index (χ3n) is 2.91. The second-order valence-corrected chi connectivity index (χ2v) is 4.39. The van der Waals surface area contributed by atoms with Crippen molar-refractivity contribution in [1.29, 1.82) is 0 Å². The van der Waals surface area contributed by atoms with Crippen LogP contribution in [0.5, 0.6) is 5.75 Å². The summed E-state index contributed by atoms with van der Waals surface area (Å²) >= 11 is 0. The van der Waals surface area contributed by atoms with E-state index < -0.39 is 0 Å². The Hall–Kier alpha value is -1.06. The first-order chi connectivity index (χ1) is 7.56. The third kappa shape index (κ3) is 3.22. The Balaban J connectivity index is 2.72. The van der Waals surface area contributed by atoms with E-state index in [9.17, 15) is 5.11 Å². The Morgan fingerprint density at radius 2 is 1.75 bits per heavy atom. The molecule has 1 aromatic carbocycles. The first-order valence-corrected chi connectivity index (χ1v) is 5.82. The number of unbranched alkanes of at least 4 members (excludes halogenated alkanes) is 1. The smallest absolute Gasteiger partial charge is 0.121 e. The summed E-state index contributed by atoms with van der Waals surface area (Å²) in [4.78, 5) is 0. The summed E-state index contributed by atoms with van der Waals surface area (Å²) in [7, 11) is 0. The highest BCUT2D eigenvalue weighted by atomic mass is 16.3. The second kappa shape index (κ2) is 5.87. The van der Waals surface area contributed by atoms with Crippen molar-refractivity contribution in [2.75, 3.05) is 6.54 Å². The molecule has 0 unspecified atom stereocenters. The van der Waals surface area contributed by atoms with Crippen molar-refractivity contribution in [1.82, 2.24) is 0 Å².